The van der Waals surface area contributed by atoms with Crippen LogP contribution in [-0.4, -0.2) is 35.5 Å². The van der Waals surface area contributed by atoms with E-state index in [2.05, 4.69) is 16.0 Å². The lowest BCUT2D eigenvalue weighted by atomic mass is 10.1. The third-order valence-electron chi connectivity index (χ3n) is 8.19. The fourth-order valence-electron chi connectivity index (χ4n) is 5.62. The Hall–Kier alpha value is -4.67. The standard InChI is InChI=1S/C39H41N3O5S2/c1-4-32(37(45)42-38-34(39(46)47-5-2)30-21-10-7-11-22-33(30)49-38)48-29-20-14-19-28(24-29)40-36(44)31(23-27-18-13-12-15-25(27)3)41-35(43)26-16-8-6-9-17-26/h6,8-9,12-20,23-24,32H,4-5,7,10-11,21-22H2,1-3H3,(H,40,44)(H,41,43)(H,42,45)/b31-23-. The second kappa shape index (κ2) is 17.1. The lowest BCUT2D eigenvalue weighted by Gasteiger charge is -2.16. The number of thioether (sulfide) groups is 1. The Kier molecular flexibility index (Phi) is 12.5. The van der Waals surface area contributed by atoms with Gasteiger partial charge in [-0.2, -0.15) is 0 Å². The first-order valence-electron chi connectivity index (χ1n) is 16.6. The molecule has 0 aliphatic heterocycles. The van der Waals surface area contributed by atoms with Crippen molar-refractivity contribution in [2.24, 2.45) is 0 Å². The molecule has 1 atom stereocenters. The van der Waals surface area contributed by atoms with Crippen molar-refractivity contribution >= 4 is 63.6 Å². The zero-order valence-corrected chi connectivity index (χ0v) is 29.6. The molecule has 10 heteroatoms. The van der Waals surface area contributed by atoms with Crippen LogP contribution in [0.15, 0.2) is 89.5 Å². The zero-order valence-electron chi connectivity index (χ0n) is 28.0. The number of rotatable bonds is 12. The van der Waals surface area contributed by atoms with Crippen LogP contribution in [0, 0.1) is 6.92 Å². The predicted octanol–water partition coefficient (Wildman–Crippen LogP) is 8.42. The molecule has 3 aromatic carbocycles. The Morgan fingerprint density at radius 2 is 1.65 bits per heavy atom. The Morgan fingerprint density at radius 3 is 2.41 bits per heavy atom. The molecule has 1 aliphatic carbocycles. The second-order valence-corrected chi connectivity index (χ2v) is 14.1. The normalized spacial score (nSPS) is 13.4. The van der Waals surface area contributed by atoms with Gasteiger partial charge in [-0.05, 0) is 99.0 Å². The fourth-order valence-corrected chi connectivity index (χ4v) is 7.91. The summed E-state index contributed by atoms with van der Waals surface area (Å²) in [7, 11) is 0. The quantitative estimate of drug-likeness (QED) is 0.0594. The molecule has 49 heavy (non-hydrogen) atoms. The van der Waals surface area contributed by atoms with Crippen molar-refractivity contribution in [1.29, 1.82) is 0 Å². The molecule has 1 heterocycles. The van der Waals surface area contributed by atoms with Crippen LogP contribution in [-0.2, 0) is 27.2 Å². The van der Waals surface area contributed by atoms with Gasteiger partial charge >= 0.3 is 5.97 Å². The Morgan fingerprint density at radius 1 is 0.898 bits per heavy atom. The molecule has 3 amide bonds. The van der Waals surface area contributed by atoms with Gasteiger partial charge in [0.05, 0.1) is 17.4 Å². The summed E-state index contributed by atoms with van der Waals surface area (Å²) in [4.78, 5) is 55.3. The van der Waals surface area contributed by atoms with E-state index < -0.39 is 23.0 Å². The molecule has 0 saturated carbocycles. The molecule has 3 N–H and O–H groups in total. The highest BCUT2D eigenvalue weighted by molar-refractivity contribution is 8.00. The molecular weight excluding hydrogens is 655 g/mol. The van der Waals surface area contributed by atoms with Crippen molar-refractivity contribution in [3.63, 3.8) is 0 Å². The van der Waals surface area contributed by atoms with E-state index in [1.54, 1.807) is 49.4 Å². The van der Waals surface area contributed by atoms with Crippen LogP contribution in [0.5, 0.6) is 0 Å². The number of amides is 3. The van der Waals surface area contributed by atoms with Gasteiger partial charge in [-0.1, -0.05) is 61.9 Å². The first-order chi connectivity index (χ1) is 23.8. The summed E-state index contributed by atoms with van der Waals surface area (Å²) in [5, 5.41) is 8.87. The summed E-state index contributed by atoms with van der Waals surface area (Å²) >= 11 is 2.86. The van der Waals surface area contributed by atoms with E-state index in [0.29, 0.717) is 28.2 Å². The number of carbonyl (C=O) groups is 4. The summed E-state index contributed by atoms with van der Waals surface area (Å²) in [5.74, 6) is -1.47. The Labute approximate surface area is 295 Å². The highest BCUT2D eigenvalue weighted by Gasteiger charge is 2.28. The van der Waals surface area contributed by atoms with E-state index in [4.69, 9.17) is 4.74 Å². The topological polar surface area (TPSA) is 114 Å². The number of aryl methyl sites for hydroxylation is 2. The SMILES string of the molecule is CCOC(=O)c1c(NC(=O)C(CC)Sc2cccc(NC(=O)/C(=C/c3ccccc3C)NC(=O)c3ccccc3)c2)sc2c1CCCCC2. The van der Waals surface area contributed by atoms with Crippen LogP contribution in [0.2, 0.25) is 0 Å². The van der Waals surface area contributed by atoms with Crippen LogP contribution >= 0.6 is 23.1 Å². The third-order valence-corrected chi connectivity index (χ3v) is 10.8. The van der Waals surface area contributed by atoms with Gasteiger partial charge < -0.3 is 20.7 Å². The maximum atomic E-state index is 13.6. The molecular formula is C39H41N3O5S2. The van der Waals surface area contributed by atoms with Crippen molar-refractivity contribution in [2.75, 3.05) is 17.2 Å². The van der Waals surface area contributed by atoms with Gasteiger partial charge in [0.1, 0.15) is 10.7 Å². The van der Waals surface area contributed by atoms with Gasteiger partial charge in [-0.25, -0.2) is 4.79 Å². The highest BCUT2D eigenvalue weighted by Crippen LogP contribution is 2.39. The smallest absolute Gasteiger partial charge is 0.341 e. The average molecular weight is 696 g/mol. The van der Waals surface area contributed by atoms with Crippen LogP contribution < -0.4 is 16.0 Å². The molecule has 1 unspecified atom stereocenters. The number of hydrogen-bond donors (Lipinski definition) is 3. The third kappa shape index (κ3) is 9.28. The molecule has 1 aromatic heterocycles. The fraction of sp³-hybridized carbons (Fsp3) is 0.282. The number of thiophene rings is 1. The molecule has 1 aliphatic rings. The Bertz CT molecular complexity index is 1850. The van der Waals surface area contributed by atoms with Crippen LogP contribution in [0.4, 0.5) is 10.7 Å². The minimum absolute atomic E-state index is 0.0961. The van der Waals surface area contributed by atoms with Gasteiger partial charge in [0.25, 0.3) is 11.8 Å². The molecule has 0 bridgehead atoms. The van der Waals surface area contributed by atoms with E-state index in [1.807, 2.05) is 56.3 Å². The van der Waals surface area contributed by atoms with Crippen molar-refractivity contribution in [1.82, 2.24) is 5.32 Å². The van der Waals surface area contributed by atoms with Gasteiger partial charge in [0.15, 0.2) is 0 Å². The molecule has 8 nitrogen and oxygen atoms in total. The molecule has 254 valence electrons. The van der Waals surface area contributed by atoms with E-state index >= 15 is 0 Å². The summed E-state index contributed by atoms with van der Waals surface area (Å²) < 4.78 is 5.39. The largest absolute Gasteiger partial charge is 0.462 e. The van der Waals surface area contributed by atoms with Crippen LogP contribution in [0.25, 0.3) is 6.08 Å². The molecule has 5 rings (SSSR count). The minimum atomic E-state index is -0.483. The van der Waals surface area contributed by atoms with Crippen molar-refractivity contribution < 1.29 is 23.9 Å². The second-order valence-electron chi connectivity index (χ2n) is 11.7. The number of fused-ring (bicyclic) bond motifs is 1. The number of ether oxygens (including phenoxy) is 1. The van der Waals surface area contributed by atoms with Crippen LogP contribution in [0.3, 0.4) is 0 Å². The average Bonchev–Trinajstić information content (AvgIpc) is 3.27. The Balaban J connectivity index is 1.32. The van der Waals surface area contributed by atoms with Gasteiger partial charge in [0, 0.05) is 21.0 Å². The number of carbonyl (C=O) groups excluding carboxylic acids is 4. The predicted molar refractivity (Wildman–Crippen MR) is 198 cm³/mol. The first-order valence-corrected chi connectivity index (χ1v) is 18.3. The minimum Gasteiger partial charge on any atom is -0.462 e. The first kappa shape index (κ1) is 35.6. The number of anilines is 2. The summed E-state index contributed by atoms with van der Waals surface area (Å²) in [6.45, 7) is 5.92. The maximum Gasteiger partial charge on any atom is 0.341 e. The summed E-state index contributed by atoms with van der Waals surface area (Å²) in [5.41, 5.74) is 4.31. The number of hydrogen-bond acceptors (Lipinski definition) is 7. The van der Waals surface area contributed by atoms with E-state index in [1.165, 1.54) is 23.1 Å². The van der Waals surface area contributed by atoms with Gasteiger partial charge in [0.2, 0.25) is 5.91 Å². The zero-order chi connectivity index (χ0) is 34.8. The molecule has 0 spiro atoms. The molecule has 0 fully saturated rings. The molecule has 4 aromatic rings. The van der Waals surface area contributed by atoms with Crippen molar-refractivity contribution in [3.05, 3.63) is 117 Å². The van der Waals surface area contributed by atoms with E-state index in [-0.39, 0.29) is 18.2 Å². The highest BCUT2D eigenvalue weighted by atomic mass is 32.2. The molecule has 0 radical (unpaired) electrons. The van der Waals surface area contributed by atoms with Gasteiger partial charge in [-0.15, -0.1) is 23.1 Å². The lowest BCUT2D eigenvalue weighted by Crippen LogP contribution is -2.30. The monoisotopic (exact) mass is 695 g/mol. The van der Waals surface area contributed by atoms with Crippen LogP contribution in [0.1, 0.15) is 81.8 Å². The number of benzene rings is 3. The van der Waals surface area contributed by atoms with E-state index in [9.17, 15) is 19.2 Å². The van der Waals surface area contributed by atoms with Crippen molar-refractivity contribution in [3.8, 4) is 0 Å². The van der Waals surface area contributed by atoms with Gasteiger partial charge in [-0.3, -0.25) is 14.4 Å². The summed E-state index contributed by atoms with van der Waals surface area (Å²) in [6, 6.07) is 23.6. The molecule has 0 saturated heterocycles. The summed E-state index contributed by atoms with van der Waals surface area (Å²) in [6.07, 6.45) is 7.09. The maximum absolute atomic E-state index is 13.6. The lowest BCUT2D eigenvalue weighted by molar-refractivity contribution is -0.116. The number of esters is 1. The van der Waals surface area contributed by atoms with Crippen molar-refractivity contribution in [2.45, 2.75) is 69.4 Å². The number of nitrogens with one attached hydrogen (secondary N) is 3. The van der Waals surface area contributed by atoms with E-state index in [0.717, 1.165) is 58.6 Å².